The summed E-state index contributed by atoms with van der Waals surface area (Å²) in [7, 11) is 3.39. The minimum atomic E-state index is -1.52. The molecule has 360 valence electrons. The van der Waals surface area contributed by atoms with E-state index in [1.54, 1.807) is 73.6 Å². The van der Waals surface area contributed by atoms with E-state index < -0.39 is 102 Å². The number of nitrogens with zero attached hydrogens (tertiary/aromatic N) is 3. The van der Waals surface area contributed by atoms with Crippen molar-refractivity contribution < 1.29 is 62.2 Å². The molecule has 18 heteroatoms. The van der Waals surface area contributed by atoms with Gasteiger partial charge < -0.3 is 38.3 Å². The molecular weight excluding hydrogens is 873 g/mol. The number of amides is 3. The second-order valence-electron chi connectivity index (χ2n) is 19.1. The van der Waals surface area contributed by atoms with Gasteiger partial charge in [-0.1, -0.05) is 57.0 Å². The van der Waals surface area contributed by atoms with Gasteiger partial charge in [-0.05, 0) is 98.9 Å². The van der Waals surface area contributed by atoms with Crippen molar-refractivity contribution in [1.82, 2.24) is 14.7 Å². The highest BCUT2D eigenvalue weighted by atomic mass is 35.5. The van der Waals surface area contributed by atoms with Crippen molar-refractivity contribution in [3.05, 3.63) is 33.8 Å². The number of aliphatic hydroxyl groups is 1. The number of halogens is 2. The number of aliphatic hydroxyl groups excluding tert-OH is 1. The normalized spacial score (nSPS) is 37.9. The fourth-order valence-corrected chi connectivity index (χ4v) is 10.5. The highest BCUT2D eigenvalue weighted by molar-refractivity contribution is 6.42. The van der Waals surface area contributed by atoms with E-state index in [1.165, 1.54) is 12.0 Å². The van der Waals surface area contributed by atoms with Crippen molar-refractivity contribution in [1.29, 1.82) is 0 Å². The van der Waals surface area contributed by atoms with Crippen molar-refractivity contribution >= 4 is 53.2 Å². The topological polar surface area (TPSA) is 180 Å². The first-order chi connectivity index (χ1) is 29.9. The molecule has 16 nitrogen and oxygen atoms in total. The Morgan fingerprint density at radius 1 is 1.02 bits per heavy atom. The van der Waals surface area contributed by atoms with Crippen LogP contribution in [0.4, 0.5) is 14.4 Å². The van der Waals surface area contributed by atoms with Crippen LogP contribution >= 0.6 is 23.2 Å². The second-order valence-corrected chi connectivity index (χ2v) is 19.9. The summed E-state index contributed by atoms with van der Waals surface area (Å²) in [5.41, 5.74) is -2.11. The lowest BCUT2D eigenvalue weighted by Crippen LogP contribution is -2.61. The van der Waals surface area contributed by atoms with E-state index >= 15 is 0 Å². The third kappa shape index (κ3) is 10.5. The van der Waals surface area contributed by atoms with Gasteiger partial charge in [0.2, 0.25) is 0 Å². The van der Waals surface area contributed by atoms with Gasteiger partial charge in [-0.2, -0.15) is 0 Å². The average molecular weight is 943 g/mol. The number of hydrogen-bond donors (Lipinski definition) is 1. The highest BCUT2D eigenvalue weighted by Gasteiger charge is 2.61. The molecule has 4 heterocycles. The summed E-state index contributed by atoms with van der Waals surface area (Å²) < 4.78 is 43.4. The largest absolute Gasteiger partial charge is 0.458 e. The monoisotopic (exact) mass is 941 g/mol. The predicted molar refractivity (Wildman–Crippen MR) is 237 cm³/mol. The van der Waals surface area contributed by atoms with Gasteiger partial charge in [-0.15, -0.1) is 0 Å². The van der Waals surface area contributed by atoms with Gasteiger partial charge in [0.25, 0.3) is 0 Å². The zero-order valence-corrected chi connectivity index (χ0v) is 41.0. The van der Waals surface area contributed by atoms with Gasteiger partial charge in [-0.3, -0.25) is 19.4 Å². The van der Waals surface area contributed by atoms with E-state index in [9.17, 15) is 29.1 Å². The molecule has 64 heavy (non-hydrogen) atoms. The molecule has 0 radical (unpaired) electrons. The lowest BCUT2D eigenvalue weighted by molar-refractivity contribution is -0.302. The van der Waals surface area contributed by atoms with Crippen LogP contribution in [0.1, 0.15) is 101 Å². The van der Waals surface area contributed by atoms with Crippen LogP contribution in [0.25, 0.3) is 0 Å². The Hall–Kier alpha value is -3.25. The highest BCUT2D eigenvalue weighted by Crippen LogP contribution is 2.44. The molecule has 4 aliphatic heterocycles. The molecule has 5 rings (SSSR count). The van der Waals surface area contributed by atoms with Crippen molar-refractivity contribution in [2.24, 2.45) is 23.7 Å². The molecule has 0 aromatic heterocycles. The van der Waals surface area contributed by atoms with Crippen molar-refractivity contribution in [3.8, 4) is 0 Å². The molecule has 3 amide bonds. The molecule has 1 unspecified atom stereocenters. The van der Waals surface area contributed by atoms with Gasteiger partial charge in [-0.25, -0.2) is 19.3 Å². The maximum atomic E-state index is 15.0. The van der Waals surface area contributed by atoms with Crippen LogP contribution in [0.3, 0.4) is 0 Å². The summed E-state index contributed by atoms with van der Waals surface area (Å²) >= 11 is 12.5. The van der Waals surface area contributed by atoms with Crippen LogP contribution in [0.5, 0.6) is 0 Å². The first-order valence-corrected chi connectivity index (χ1v) is 23.3. The maximum Gasteiger partial charge on any atom is 0.419 e. The van der Waals surface area contributed by atoms with E-state index in [0.717, 1.165) is 10.5 Å². The third-order valence-electron chi connectivity index (χ3n) is 14.2. The van der Waals surface area contributed by atoms with Gasteiger partial charge in [0.05, 0.1) is 45.9 Å². The van der Waals surface area contributed by atoms with Gasteiger partial charge in [0.1, 0.15) is 30.7 Å². The van der Waals surface area contributed by atoms with E-state index in [-0.39, 0.29) is 50.0 Å². The fraction of sp³-hybridized carbons (Fsp3) is 0.761. The summed E-state index contributed by atoms with van der Waals surface area (Å²) in [6.07, 6.45) is -7.83. The van der Waals surface area contributed by atoms with Crippen molar-refractivity contribution in [3.63, 3.8) is 0 Å². The second kappa shape index (κ2) is 20.7. The van der Waals surface area contributed by atoms with E-state index in [1.807, 2.05) is 27.8 Å². The molecule has 0 bridgehead atoms. The van der Waals surface area contributed by atoms with E-state index in [4.69, 9.17) is 56.4 Å². The molecule has 0 aliphatic carbocycles. The van der Waals surface area contributed by atoms with Crippen LogP contribution in [0.2, 0.25) is 10.0 Å². The number of cyclic esters (lactones) is 2. The number of esters is 1. The fourth-order valence-electron chi connectivity index (χ4n) is 10.2. The average Bonchev–Trinajstić information content (AvgIpc) is 3.72. The third-order valence-corrected chi connectivity index (χ3v) is 14.9. The number of Topliss-reactive ketones (excluding diaryl/α,β-unsaturated/α-hetero) is 1. The summed E-state index contributed by atoms with van der Waals surface area (Å²) in [4.78, 5) is 75.0. The SMILES string of the molecule is CC[C@H]1OC(=O)[C@H](C)[C@@H](OC(=O)N2C(=O)OC[C@@H]2C)[C@H](C)[C@@H](OC2O[C@H](C)C[C@H](N(C)C(C)C)[C@H]2O)[C@@](C)(OC)C[C@@H](C)C(=O)[C@H](C)[C@H]2N(CCc3ccc(Cl)c(Cl)c3)C(=O)O[C@]12C. The minimum Gasteiger partial charge on any atom is -0.458 e. The Morgan fingerprint density at radius 3 is 2.27 bits per heavy atom. The lowest BCUT2D eigenvalue weighted by Gasteiger charge is -2.49. The van der Waals surface area contributed by atoms with Crippen LogP contribution in [0.15, 0.2) is 18.2 Å². The molecule has 15 atom stereocenters. The summed E-state index contributed by atoms with van der Waals surface area (Å²) in [5, 5.41) is 12.7. The number of methoxy groups -OCH3 is 1. The van der Waals surface area contributed by atoms with Crippen LogP contribution in [0, 0.1) is 23.7 Å². The molecular formula is C46H69Cl2N3O13. The quantitative estimate of drug-likeness (QED) is 0.182. The zero-order chi connectivity index (χ0) is 47.7. The molecule has 4 aliphatic rings. The Morgan fingerprint density at radius 2 is 1.69 bits per heavy atom. The standard InChI is InChI=1S/C46H69Cl2N3O13/c1-14-34-46(11)38(50(42(55)64-46)18-17-30-15-16-31(47)32(48)20-30)27(7)35(52)24(4)21-45(10,58-13)39(63-41-36(53)33(19-26(6)60-41)49(12)23(2)3)28(8)37(29(9)40(54)61-34)62-44(57)51-25(5)22-59-43(51)56/h15-16,20,23-29,33-34,36-39,41,53H,14,17-19,21-22H2,1-13H3/t24-,25+,26-,27+,28+,29-,33+,34-,36-,37+,38-,39-,41?,45+,46-/m1/s1. The van der Waals surface area contributed by atoms with Crippen LogP contribution < -0.4 is 0 Å². The number of ether oxygens (including phenoxy) is 7. The number of rotatable bonds is 10. The number of hydrogen-bond acceptors (Lipinski definition) is 14. The molecule has 1 aromatic rings. The Labute approximate surface area is 387 Å². The number of ketones is 1. The lowest BCUT2D eigenvalue weighted by atomic mass is 9.73. The summed E-state index contributed by atoms with van der Waals surface area (Å²) in [5.74, 6) is -4.79. The zero-order valence-electron chi connectivity index (χ0n) is 39.5. The number of imide groups is 1. The number of likely N-dealkylation sites (N-methyl/N-ethyl adjacent to an activating group) is 1. The Balaban J connectivity index is 1.63. The summed E-state index contributed by atoms with van der Waals surface area (Å²) in [6.45, 7) is 19.6. The predicted octanol–water partition coefficient (Wildman–Crippen LogP) is 7.30. The van der Waals surface area contributed by atoms with E-state index in [2.05, 4.69) is 4.90 Å². The first kappa shape index (κ1) is 51.7. The number of fused-ring (bicyclic) bond motifs is 1. The van der Waals surface area contributed by atoms with Crippen molar-refractivity contribution in [2.75, 3.05) is 27.3 Å². The maximum absolute atomic E-state index is 15.0. The van der Waals surface area contributed by atoms with Gasteiger partial charge >= 0.3 is 24.2 Å². The smallest absolute Gasteiger partial charge is 0.419 e. The van der Waals surface area contributed by atoms with Crippen LogP contribution in [-0.2, 0) is 49.2 Å². The number of benzene rings is 1. The molecule has 4 saturated heterocycles. The van der Waals surface area contributed by atoms with Gasteiger partial charge in [0, 0.05) is 43.5 Å². The van der Waals surface area contributed by atoms with Crippen molar-refractivity contribution in [2.45, 2.75) is 174 Å². The molecule has 0 saturated carbocycles. The van der Waals surface area contributed by atoms with E-state index in [0.29, 0.717) is 22.9 Å². The molecule has 1 N–H and O–H groups in total. The molecule has 1 aromatic carbocycles. The number of carbonyl (C=O) groups excluding carboxylic acids is 5. The first-order valence-electron chi connectivity index (χ1n) is 22.5. The Kier molecular flexibility index (Phi) is 16.8. The molecule has 4 fully saturated rings. The summed E-state index contributed by atoms with van der Waals surface area (Å²) in [6, 6.07) is 3.33. The van der Waals surface area contributed by atoms with Crippen LogP contribution in [-0.4, -0.2) is 149 Å². The molecule has 0 spiro atoms. The minimum absolute atomic E-state index is 0.0447. The Bertz CT molecular complexity index is 1870. The number of carbonyl (C=O) groups is 5. The van der Waals surface area contributed by atoms with Gasteiger partial charge in [0.15, 0.2) is 11.9 Å².